The molecule has 0 aliphatic carbocycles. The van der Waals surface area contributed by atoms with Crippen molar-refractivity contribution in [2.45, 2.75) is 13.8 Å². The fourth-order valence-corrected chi connectivity index (χ4v) is 1.91. The third-order valence-corrected chi connectivity index (χ3v) is 2.98. The molecule has 22 heavy (non-hydrogen) atoms. The maximum absolute atomic E-state index is 13.1. The molecule has 0 aromatic heterocycles. The van der Waals surface area contributed by atoms with Crippen LogP contribution >= 0.6 is 0 Å². The molecular formula is C16H14F2N2O2. The van der Waals surface area contributed by atoms with Gasteiger partial charge in [-0.1, -0.05) is 0 Å². The Morgan fingerprint density at radius 3 is 2.27 bits per heavy atom. The number of carbonyl (C=O) groups excluding carboxylic acids is 2. The van der Waals surface area contributed by atoms with Crippen molar-refractivity contribution in [2.24, 2.45) is 0 Å². The lowest BCUT2D eigenvalue weighted by atomic mass is 10.1. The molecule has 0 fully saturated rings. The zero-order valence-electron chi connectivity index (χ0n) is 12.0. The van der Waals surface area contributed by atoms with Gasteiger partial charge in [-0.3, -0.25) is 9.59 Å². The summed E-state index contributed by atoms with van der Waals surface area (Å²) < 4.78 is 26.0. The number of anilines is 2. The number of halogens is 2. The third-order valence-electron chi connectivity index (χ3n) is 2.98. The molecule has 2 amide bonds. The van der Waals surface area contributed by atoms with E-state index in [0.29, 0.717) is 11.4 Å². The number of aryl methyl sites for hydroxylation is 1. The van der Waals surface area contributed by atoms with Gasteiger partial charge in [-0.15, -0.1) is 0 Å². The minimum absolute atomic E-state index is 0.0162. The van der Waals surface area contributed by atoms with E-state index in [0.717, 1.165) is 17.7 Å². The summed E-state index contributed by atoms with van der Waals surface area (Å²) in [6, 6.07) is 7.86. The Labute approximate surface area is 126 Å². The topological polar surface area (TPSA) is 58.2 Å². The molecule has 0 saturated heterocycles. The molecule has 2 aromatic carbocycles. The number of amides is 2. The molecular weight excluding hydrogens is 290 g/mol. The summed E-state index contributed by atoms with van der Waals surface area (Å²) in [7, 11) is 0. The van der Waals surface area contributed by atoms with E-state index in [1.807, 2.05) is 0 Å². The second-order valence-corrected chi connectivity index (χ2v) is 4.79. The lowest BCUT2D eigenvalue weighted by molar-refractivity contribution is -0.114. The Kier molecular flexibility index (Phi) is 4.50. The van der Waals surface area contributed by atoms with Crippen LogP contribution in [0.2, 0.25) is 0 Å². The van der Waals surface area contributed by atoms with E-state index < -0.39 is 17.5 Å². The molecule has 0 radical (unpaired) electrons. The van der Waals surface area contributed by atoms with Crippen molar-refractivity contribution in [3.05, 3.63) is 59.2 Å². The van der Waals surface area contributed by atoms with Crippen LogP contribution in [0.4, 0.5) is 20.2 Å². The van der Waals surface area contributed by atoms with Crippen LogP contribution in [-0.2, 0) is 4.79 Å². The molecule has 0 saturated carbocycles. The highest BCUT2D eigenvalue weighted by Crippen LogP contribution is 2.20. The van der Waals surface area contributed by atoms with Gasteiger partial charge < -0.3 is 10.6 Å². The van der Waals surface area contributed by atoms with E-state index in [1.54, 1.807) is 25.1 Å². The maximum atomic E-state index is 13.1. The van der Waals surface area contributed by atoms with Gasteiger partial charge in [0.15, 0.2) is 11.6 Å². The van der Waals surface area contributed by atoms with Gasteiger partial charge in [0.2, 0.25) is 5.91 Å². The first-order chi connectivity index (χ1) is 10.4. The molecule has 114 valence electrons. The number of hydrogen-bond acceptors (Lipinski definition) is 2. The van der Waals surface area contributed by atoms with E-state index in [2.05, 4.69) is 10.6 Å². The van der Waals surface area contributed by atoms with Crippen molar-refractivity contribution < 1.29 is 18.4 Å². The molecule has 0 bridgehead atoms. The molecule has 0 spiro atoms. The highest BCUT2D eigenvalue weighted by atomic mass is 19.2. The lowest BCUT2D eigenvalue weighted by Gasteiger charge is -2.10. The van der Waals surface area contributed by atoms with E-state index in [9.17, 15) is 18.4 Å². The predicted molar refractivity (Wildman–Crippen MR) is 79.8 cm³/mol. The molecule has 4 nitrogen and oxygen atoms in total. The van der Waals surface area contributed by atoms with Crippen LogP contribution in [0.15, 0.2) is 36.4 Å². The smallest absolute Gasteiger partial charge is 0.255 e. The average Bonchev–Trinajstić information content (AvgIpc) is 2.44. The van der Waals surface area contributed by atoms with Crippen molar-refractivity contribution in [3.63, 3.8) is 0 Å². The van der Waals surface area contributed by atoms with Gasteiger partial charge in [-0.2, -0.15) is 0 Å². The SMILES string of the molecule is CC(=O)Nc1ccc(NC(=O)c2ccc(F)c(F)c2)cc1C. The number of rotatable bonds is 3. The highest BCUT2D eigenvalue weighted by Gasteiger charge is 2.10. The number of hydrogen-bond donors (Lipinski definition) is 2. The Balaban J connectivity index is 2.16. The fraction of sp³-hybridized carbons (Fsp3) is 0.125. The van der Waals surface area contributed by atoms with Crippen LogP contribution in [0.1, 0.15) is 22.8 Å². The maximum Gasteiger partial charge on any atom is 0.255 e. The summed E-state index contributed by atoms with van der Waals surface area (Å²) in [6.45, 7) is 3.18. The number of carbonyl (C=O) groups is 2. The zero-order chi connectivity index (χ0) is 16.3. The van der Waals surface area contributed by atoms with Crippen LogP contribution in [-0.4, -0.2) is 11.8 Å². The Morgan fingerprint density at radius 2 is 1.68 bits per heavy atom. The molecule has 0 aliphatic heterocycles. The van der Waals surface area contributed by atoms with Crippen LogP contribution in [0.25, 0.3) is 0 Å². The van der Waals surface area contributed by atoms with Crippen LogP contribution in [0, 0.1) is 18.6 Å². The van der Waals surface area contributed by atoms with Gasteiger partial charge in [0.1, 0.15) is 0 Å². The van der Waals surface area contributed by atoms with E-state index in [1.165, 1.54) is 13.0 Å². The fourth-order valence-electron chi connectivity index (χ4n) is 1.91. The van der Waals surface area contributed by atoms with Crippen molar-refractivity contribution in [3.8, 4) is 0 Å². The highest BCUT2D eigenvalue weighted by molar-refractivity contribution is 6.04. The predicted octanol–water partition coefficient (Wildman–Crippen LogP) is 3.48. The quantitative estimate of drug-likeness (QED) is 0.912. The van der Waals surface area contributed by atoms with Crippen LogP contribution < -0.4 is 10.6 Å². The standard InChI is InChI=1S/C16H14F2N2O2/c1-9-7-12(4-6-15(9)19-10(2)21)20-16(22)11-3-5-13(17)14(18)8-11/h3-8H,1-2H3,(H,19,21)(H,20,22). The zero-order valence-corrected chi connectivity index (χ0v) is 12.0. The van der Waals surface area contributed by atoms with Gasteiger partial charge >= 0.3 is 0 Å². The summed E-state index contributed by atoms with van der Waals surface area (Å²) in [5, 5.41) is 5.24. The van der Waals surface area contributed by atoms with E-state index in [4.69, 9.17) is 0 Å². The molecule has 2 aromatic rings. The van der Waals surface area contributed by atoms with Gasteiger partial charge in [0.25, 0.3) is 5.91 Å². The van der Waals surface area contributed by atoms with E-state index >= 15 is 0 Å². The second kappa shape index (κ2) is 6.34. The molecule has 2 rings (SSSR count). The van der Waals surface area contributed by atoms with Crippen molar-refractivity contribution in [1.29, 1.82) is 0 Å². The van der Waals surface area contributed by atoms with E-state index in [-0.39, 0.29) is 11.5 Å². The summed E-state index contributed by atoms with van der Waals surface area (Å²) in [4.78, 5) is 23.0. The summed E-state index contributed by atoms with van der Waals surface area (Å²) >= 11 is 0. The summed E-state index contributed by atoms with van der Waals surface area (Å²) in [5.74, 6) is -2.83. The molecule has 0 atom stereocenters. The lowest BCUT2D eigenvalue weighted by Crippen LogP contribution is -2.13. The monoisotopic (exact) mass is 304 g/mol. The van der Waals surface area contributed by atoms with Crippen LogP contribution in [0.3, 0.4) is 0 Å². The normalized spacial score (nSPS) is 10.2. The molecule has 2 N–H and O–H groups in total. The van der Waals surface area contributed by atoms with Crippen molar-refractivity contribution in [1.82, 2.24) is 0 Å². The van der Waals surface area contributed by atoms with Gasteiger partial charge in [0.05, 0.1) is 0 Å². The number of nitrogens with one attached hydrogen (secondary N) is 2. The minimum Gasteiger partial charge on any atom is -0.326 e. The molecule has 0 aliphatic rings. The Morgan fingerprint density at radius 1 is 0.955 bits per heavy atom. The van der Waals surface area contributed by atoms with Gasteiger partial charge in [-0.05, 0) is 48.9 Å². The molecule has 0 heterocycles. The average molecular weight is 304 g/mol. The minimum atomic E-state index is -1.08. The first-order valence-electron chi connectivity index (χ1n) is 6.51. The van der Waals surface area contributed by atoms with Gasteiger partial charge in [-0.25, -0.2) is 8.78 Å². The Bertz CT molecular complexity index is 745. The van der Waals surface area contributed by atoms with Crippen molar-refractivity contribution >= 4 is 23.2 Å². The van der Waals surface area contributed by atoms with Gasteiger partial charge in [0, 0.05) is 23.9 Å². The molecule has 6 heteroatoms. The van der Waals surface area contributed by atoms with Crippen LogP contribution in [0.5, 0.6) is 0 Å². The summed E-state index contributed by atoms with van der Waals surface area (Å²) in [6.07, 6.45) is 0. The Hall–Kier alpha value is -2.76. The summed E-state index contributed by atoms with van der Waals surface area (Å²) in [5.41, 5.74) is 1.90. The first kappa shape index (κ1) is 15.6. The number of benzene rings is 2. The van der Waals surface area contributed by atoms with Crippen molar-refractivity contribution in [2.75, 3.05) is 10.6 Å². The third kappa shape index (κ3) is 3.66. The molecule has 0 unspecified atom stereocenters. The second-order valence-electron chi connectivity index (χ2n) is 4.79. The first-order valence-corrected chi connectivity index (χ1v) is 6.51. The largest absolute Gasteiger partial charge is 0.326 e.